The molecule has 9 heteroatoms. The molecule has 5 rings (SSSR count). The van der Waals surface area contributed by atoms with Crippen LogP contribution < -0.4 is 0 Å². The molecule has 3 aromatic rings. The van der Waals surface area contributed by atoms with Crippen molar-refractivity contribution in [1.29, 1.82) is 0 Å². The zero-order valence-electron chi connectivity index (χ0n) is 17.4. The van der Waals surface area contributed by atoms with Gasteiger partial charge in [0.2, 0.25) is 5.91 Å². The van der Waals surface area contributed by atoms with Gasteiger partial charge >= 0.3 is 0 Å². The van der Waals surface area contributed by atoms with Crippen LogP contribution in [0.15, 0.2) is 34.2 Å². The minimum Gasteiger partial charge on any atom is -0.459 e. The van der Waals surface area contributed by atoms with Gasteiger partial charge < -0.3 is 14.2 Å². The molecule has 3 aromatic heterocycles. The van der Waals surface area contributed by atoms with Gasteiger partial charge in [0.05, 0.1) is 12.0 Å². The van der Waals surface area contributed by atoms with Crippen molar-refractivity contribution < 1.29 is 14.0 Å². The lowest BCUT2D eigenvalue weighted by molar-refractivity contribution is -0.129. The first kappa shape index (κ1) is 20.5. The van der Waals surface area contributed by atoms with Crippen LogP contribution in [0.1, 0.15) is 34.3 Å². The number of thiophene rings is 1. The molecule has 0 aromatic carbocycles. The van der Waals surface area contributed by atoms with Crippen molar-refractivity contribution in [3.63, 3.8) is 0 Å². The molecule has 1 aliphatic heterocycles. The molecular weight excluding hydrogens is 432 g/mol. The Morgan fingerprint density at radius 1 is 1.23 bits per heavy atom. The second-order valence-electron chi connectivity index (χ2n) is 8.15. The molecule has 0 N–H and O–H groups in total. The van der Waals surface area contributed by atoms with E-state index in [1.54, 1.807) is 34.7 Å². The average molecular weight is 457 g/mol. The number of thioether (sulfide) groups is 1. The average Bonchev–Trinajstić information content (AvgIpc) is 3.45. The van der Waals surface area contributed by atoms with Crippen LogP contribution in [-0.4, -0.2) is 63.5 Å². The van der Waals surface area contributed by atoms with Crippen LogP contribution in [0.5, 0.6) is 0 Å². The van der Waals surface area contributed by atoms with Gasteiger partial charge in [-0.1, -0.05) is 18.7 Å². The van der Waals surface area contributed by atoms with Crippen LogP contribution in [-0.2, 0) is 17.6 Å². The van der Waals surface area contributed by atoms with Gasteiger partial charge in [-0.3, -0.25) is 9.59 Å². The molecule has 2 amide bonds. The van der Waals surface area contributed by atoms with Crippen molar-refractivity contribution in [2.45, 2.75) is 31.2 Å². The van der Waals surface area contributed by atoms with Gasteiger partial charge in [0.25, 0.3) is 5.91 Å². The maximum atomic E-state index is 12.8. The van der Waals surface area contributed by atoms with Crippen LogP contribution in [0.4, 0.5) is 0 Å². The van der Waals surface area contributed by atoms with Crippen LogP contribution in [0.3, 0.4) is 0 Å². The fraction of sp³-hybridized carbons (Fsp3) is 0.455. The van der Waals surface area contributed by atoms with E-state index in [2.05, 4.69) is 16.9 Å². The predicted octanol–water partition coefficient (Wildman–Crippen LogP) is 3.49. The molecule has 0 saturated carbocycles. The standard InChI is InChI=1S/C22H24N4O3S2/c1-14-4-5-15-17(11-14)31-21-19(15)20(23-13-24-21)30-12-18(27)25-6-8-26(9-7-25)22(28)16-3-2-10-29-16/h2-3,10,13-14H,4-9,11-12H2,1H3/t14-/m0/s1. The number of hydrogen-bond acceptors (Lipinski definition) is 7. The van der Waals surface area contributed by atoms with Crippen molar-refractivity contribution >= 4 is 45.1 Å². The Balaban J connectivity index is 1.22. The maximum Gasteiger partial charge on any atom is 0.289 e. The van der Waals surface area contributed by atoms with Crippen molar-refractivity contribution in [2.75, 3.05) is 31.9 Å². The SMILES string of the molecule is C[C@H]1CCc2c(sc3ncnc(SCC(=O)N4CCN(C(=O)c5ccco5)CC4)c23)C1. The molecule has 1 fully saturated rings. The molecule has 0 spiro atoms. The number of amides is 2. The molecule has 1 atom stereocenters. The zero-order chi connectivity index (χ0) is 21.4. The van der Waals surface area contributed by atoms with Crippen LogP contribution in [0.25, 0.3) is 10.2 Å². The number of aromatic nitrogens is 2. The molecule has 7 nitrogen and oxygen atoms in total. The summed E-state index contributed by atoms with van der Waals surface area (Å²) < 4.78 is 5.20. The van der Waals surface area contributed by atoms with Gasteiger partial charge in [-0.05, 0) is 42.9 Å². The van der Waals surface area contributed by atoms with Crippen LogP contribution in [0.2, 0.25) is 0 Å². The first-order valence-corrected chi connectivity index (χ1v) is 12.4. The first-order valence-electron chi connectivity index (χ1n) is 10.6. The van der Waals surface area contributed by atoms with Crippen molar-refractivity contribution in [1.82, 2.24) is 19.8 Å². The van der Waals surface area contributed by atoms with E-state index in [4.69, 9.17) is 4.42 Å². The summed E-state index contributed by atoms with van der Waals surface area (Å²) in [7, 11) is 0. The van der Waals surface area contributed by atoms with Crippen LogP contribution in [0, 0.1) is 5.92 Å². The number of hydrogen-bond donors (Lipinski definition) is 0. The Morgan fingerprint density at radius 3 is 2.81 bits per heavy atom. The predicted molar refractivity (Wildman–Crippen MR) is 121 cm³/mol. The van der Waals surface area contributed by atoms with Gasteiger partial charge in [-0.15, -0.1) is 11.3 Å². The van der Waals surface area contributed by atoms with E-state index >= 15 is 0 Å². The largest absolute Gasteiger partial charge is 0.459 e. The lowest BCUT2D eigenvalue weighted by Gasteiger charge is -2.34. The summed E-state index contributed by atoms with van der Waals surface area (Å²) in [5, 5.41) is 2.07. The molecule has 162 valence electrons. The van der Waals surface area contributed by atoms with Crippen molar-refractivity contribution in [3.8, 4) is 0 Å². The third-order valence-electron chi connectivity index (χ3n) is 6.04. The number of piperazine rings is 1. The Hall–Kier alpha value is -2.39. The normalized spacial score (nSPS) is 18.9. The highest BCUT2D eigenvalue weighted by Crippen LogP contribution is 2.40. The summed E-state index contributed by atoms with van der Waals surface area (Å²) >= 11 is 3.28. The number of fused-ring (bicyclic) bond motifs is 3. The molecular formula is C22H24N4O3S2. The zero-order valence-corrected chi connectivity index (χ0v) is 19.0. The van der Waals surface area contributed by atoms with E-state index < -0.39 is 0 Å². The second kappa shape index (κ2) is 8.63. The van der Waals surface area contributed by atoms with Gasteiger partial charge in [0, 0.05) is 36.4 Å². The number of rotatable bonds is 4. The number of carbonyl (C=O) groups is 2. The highest BCUT2D eigenvalue weighted by Gasteiger charge is 2.27. The molecule has 2 aliphatic rings. The second-order valence-corrected chi connectivity index (χ2v) is 10.2. The monoisotopic (exact) mass is 456 g/mol. The minimum atomic E-state index is -0.119. The third kappa shape index (κ3) is 4.08. The van der Waals surface area contributed by atoms with Crippen molar-refractivity contribution in [2.24, 2.45) is 5.92 Å². The van der Waals surface area contributed by atoms with E-state index in [-0.39, 0.29) is 11.8 Å². The summed E-state index contributed by atoms with van der Waals surface area (Å²) in [6.45, 7) is 4.41. The lowest BCUT2D eigenvalue weighted by Crippen LogP contribution is -2.51. The quantitative estimate of drug-likeness (QED) is 0.442. The van der Waals surface area contributed by atoms with Gasteiger partial charge in [-0.2, -0.15) is 0 Å². The number of carbonyl (C=O) groups excluding carboxylic acids is 2. The highest BCUT2D eigenvalue weighted by atomic mass is 32.2. The molecule has 4 heterocycles. The fourth-order valence-electron chi connectivity index (χ4n) is 4.29. The lowest BCUT2D eigenvalue weighted by atomic mass is 9.89. The summed E-state index contributed by atoms with van der Waals surface area (Å²) in [5.74, 6) is 1.37. The minimum absolute atomic E-state index is 0.0829. The van der Waals surface area contributed by atoms with Gasteiger partial charge in [0.1, 0.15) is 16.2 Å². The fourth-order valence-corrected chi connectivity index (χ4v) is 6.64. The number of aryl methyl sites for hydroxylation is 1. The first-order chi connectivity index (χ1) is 15.1. The summed E-state index contributed by atoms with van der Waals surface area (Å²) in [4.78, 5) is 40.3. The topological polar surface area (TPSA) is 79.5 Å². The Kier molecular flexibility index (Phi) is 5.71. The summed E-state index contributed by atoms with van der Waals surface area (Å²) in [5.41, 5.74) is 1.39. The molecule has 0 unspecified atom stereocenters. The molecule has 1 aliphatic carbocycles. The Labute approximate surface area is 188 Å². The van der Waals surface area contributed by atoms with E-state index in [9.17, 15) is 9.59 Å². The molecule has 0 radical (unpaired) electrons. The van der Waals surface area contributed by atoms with Gasteiger partial charge in [0.15, 0.2) is 5.76 Å². The Morgan fingerprint density at radius 2 is 2.03 bits per heavy atom. The van der Waals surface area contributed by atoms with Crippen LogP contribution >= 0.6 is 23.1 Å². The summed E-state index contributed by atoms with van der Waals surface area (Å²) in [6, 6.07) is 3.38. The molecule has 1 saturated heterocycles. The van der Waals surface area contributed by atoms with E-state index in [1.807, 2.05) is 4.90 Å². The highest BCUT2D eigenvalue weighted by molar-refractivity contribution is 8.00. The third-order valence-corrected chi connectivity index (χ3v) is 8.18. The van der Waals surface area contributed by atoms with Gasteiger partial charge in [-0.25, -0.2) is 9.97 Å². The maximum absolute atomic E-state index is 12.8. The number of furan rings is 1. The molecule has 0 bridgehead atoms. The van der Waals surface area contributed by atoms with Crippen molar-refractivity contribution in [3.05, 3.63) is 40.9 Å². The van der Waals surface area contributed by atoms with E-state index in [0.29, 0.717) is 43.6 Å². The number of nitrogens with zero attached hydrogens (tertiary/aromatic N) is 4. The van der Waals surface area contributed by atoms with E-state index in [0.717, 1.165) is 28.1 Å². The smallest absolute Gasteiger partial charge is 0.289 e. The van der Waals surface area contributed by atoms with E-state index in [1.165, 1.54) is 34.9 Å². The summed E-state index contributed by atoms with van der Waals surface area (Å²) in [6.07, 6.45) is 6.48. The Bertz CT molecular complexity index is 1100. The molecule has 31 heavy (non-hydrogen) atoms.